The van der Waals surface area contributed by atoms with Crippen LogP contribution in [0.3, 0.4) is 0 Å². The SMILES string of the molecule is Cc1cccc2cc(C(=O)C(C)N)oc12. The van der Waals surface area contributed by atoms with Gasteiger partial charge in [-0.2, -0.15) is 0 Å². The average Bonchev–Trinajstić information content (AvgIpc) is 2.61. The van der Waals surface area contributed by atoms with Gasteiger partial charge in [-0.25, -0.2) is 0 Å². The number of Topliss-reactive ketones (excluding diaryl/α,β-unsaturated/α-hetero) is 1. The van der Waals surface area contributed by atoms with Gasteiger partial charge in [0, 0.05) is 5.39 Å². The van der Waals surface area contributed by atoms with Crippen LogP contribution in [-0.4, -0.2) is 11.8 Å². The van der Waals surface area contributed by atoms with Crippen LogP contribution in [0.5, 0.6) is 0 Å². The van der Waals surface area contributed by atoms with Crippen LogP contribution >= 0.6 is 0 Å². The lowest BCUT2D eigenvalue weighted by Crippen LogP contribution is -2.26. The van der Waals surface area contributed by atoms with Crippen molar-refractivity contribution in [1.29, 1.82) is 0 Å². The van der Waals surface area contributed by atoms with Gasteiger partial charge < -0.3 is 10.2 Å². The number of ketones is 1. The molecular formula is C12H13NO2. The first-order chi connectivity index (χ1) is 7.09. The molecule has 0 aliphatic carbocycles. The van der Waals surface area contributed by atoms with E-state index in [-0.39, 0.29) is 5.78 Å². The molecule has 78 valence electrons. The monoisotopic (exact) mass is 203 g/mol. The number of carbonyl (C=O) groups excluding carboxylic acids is 1. The fourth-order valence-corrected chi connectivity index (χ4v) is 1.55. The minimum Gasteiger partial charge on any atom is -0.453 e. The number of hydrogen-bond donors (Lipinski definition) is 1. The molecule has 2 N–H and O–H groups in total. The average molecular weight is 203 g/mol. The molecule has 0 fully saturated rings. The summed E-state index contributed by atoms with van der Waals surface area (Å²) in [4.78, 5) is 11.6. The van der Waals surface area contributed by atoms with Crippen LogP contribution in [0.1, 0.15) is 23.0 Å². The summed E-state index contributed by atoms with van der Waals surface area (Å²) >= 11 is 0. The van der Waals surface area contributed by atoms with E-state index in [2.05, 4.69) is 0 Å². The lowest BCUT2D eigenvalue weighted by atomic mass is 10.1. The van der Waals surface area contributed by atoms with Crippen molar-refractivity contribution in [2.75, 3.05) is 0 Å². The van der Waals surface area contributed by atoms with Gasteiger partial charge in [-0.1, -0.05) is 18.2 Å². The smallest absolute Gasteiger partial charge is 0.214 e. The van der Waals surface area contributed by atoms with Crippen LogP contribution in [0, 0.1) is 6.92 Å². The minimum absolute atomic E-state index is 0.161. The number of fused-ring (bicyclic) bond motifs is 1. The number of furan rings is 1. The van der Waals surface area contributed by atoms with Gasteiger partial charge >= 0.3 is 0 Å². The number of carbonyl (C=O) groups is 1. The second-order valence-corrected chi connectivity index (χ2v) is 3.76. The molecular weight excluding hydrogens is 190 g/mol. The first kappa shape index (κ1) is 9.93. The summed E-state index contributed by atoms with van der Waals surface area (Å²) in [5.74, 6) is 0.180. The Bertz CT molecular complexity index is 511. The Morgan fingerprint density at radius 2 is 2.20 bits per heavy atom. The third-order valence-corrected chi connectivity index (χ3v) is 2.40. The molecule has 1 aromatic carbocycles. The predicted octanol–water partition coefficient (Wildman–Crippen LogP) is 2.27. The summed E-state index contributed by atoms with van der Waals surface area (Å²) in [6.45, 7) is 3.61. The van der Waals surface area contributed by atoms with Crippen molar-refractivity contribution in [3.05, 3.63) is 35.6 Å². The third-order valence-electron chi connectivity index (χ3n) is 2.40. The predicted molar refractivity (Wildman–Crippen MR) is 58.9 cm³/mol. The zero-order valence-electron chi connectivity index (χ0n) is 8.78. The Morgan fingerprint density at radius 3 is 2.80 bits per heavy atom. The van der Waals surface area contributed by atoms with E-state index in [4.69, 9.17) is 10.2 Å². The van der Waals surface area contributed by atoms with Gasteiger partial charge in [0.1, 0.15) is 5.58 Å². The molecule has 0 spiro atoms. The first-order valence-corrected chi connectivity index (χ1v) is 4.88. The van der Waals surface area contributed by atoms with Crippen molar-refractivity contribution < 1.29 is 9.21 Å². The van der Waals surface area contributed by atoms with Crippen molar-refractivity contribution >= 4 is 16.8 Å². The fourth-order valence-electron chi connectivity index (χ4n) is 1.55. The molecule has 1 unspecified atom stereocenters. The van der Waals surface area contributed by atoms with E-state index in [0.717, 1.165) is 16.5 Å². The molecule has 3 heteroatoms. The standard InChI is InChI=1S/C12H13NO2/c1-7-4-3-5-9-6-10(15-12(7)9)11(14)8(2)13/h3-6,8H,13H2,1-2H3. The maximum Gasteiger partial charge on any atom is 0.214 e. The minimum atomic E-state index is -0.522. The lowest BCUT2D eigenvalue weighted by Gasteiger charge is -1.98. The Labute approximate surface area is 87.9 Å². The Hall–Kier alpha value is -1.61. The second-order valence-electron chi connectivity index (χ2n) is 3.76. The van der Waals surface area contributed by atoms with Crippen molar-refractivity contribution in [3.8, 4) is 0 Å². The molecule has 2 aromatic rings. The van der Waals surface area contributed by atoms with E-state index in [1.165, 1.54) is 0 Å². The van der Waals surface area contributed by atoms with Crippen LogP contribution in [0.15, 0.2) is 28.7 Å². The molecule has 1 aromatic heterocycles. The van der Waals surface area contributed by atoms with Crippen LogP contribution in [0.25, 0.3) is 11.0 Å². The van der Waals surface area contributed by atoms with Gasteiger partial charge in [-0.05, 0) is 25.5 Å². The highest BCUT2D eigenvalue weighted by atomic mass is 16.3. The number of nitrogens with two attached hydrogens (primary N) is 1. The topological polar surface area (TPSA) is 56.2 Å². The quantitative estimate of drug-likeness (QED) is 0.762. The highest BCUT2D eigenvalue weighted by Crippen LogP contribution is 2.23. The van der Waals surface area contributed by atoms with E-state index < -0.39 is 6.04 Å². The van der Waals surface area contributed by atoms with Gasteiger partial charge in [-0.3, -0.25) is 4.79 Å². The van der Waals surface area contributed by atoms with Crippen molar-refractivity contribution in [1.82, 2.24) is 0 Å². The molecule has 0 amide bonds. The van der Waals surface area contributed by atoms with E-state index in [1.54, 1.807) is 13.0 Å². The Kier molecular flexibility index (Phi) is 2.32. The summed E-state index contributed by atoms with van der Waals surface area (Å²) in [6.07, 6.45) is 0. The maximum absolute atomic E-state index is 11.6. The molecule has 0 radical (unpaired) electrons. The molecule has 0 aliphatic heterocycles. The number of benzene rings is 1. The third kappa shape index (κ3) is 1.66. The molecule has 3 nitrogen and oxygen atoms in total. The summed E-state index contributed by atoms with van der Waals surface area (Å²) in [6, 6.07) is 7.03. The Balaban J connectivity index is 2.57. The van der Waals surface area contributed by atoms with Crippen molar-refractivity contribution in [2.45, 2.75) is 19.9 Å². The first-order valence-electron chi connectivity index (χ1n) is 4.88. The van der Waals surface area contributed by atoms with Gasteiger partial charge in [0.2, 0.25) is 5.78 Å². The summed E-state index contributed by atoms with van der Waals surface area (Å²) in [5.41, 5.74) is 7.31. The van der Waals surface area contributed by atoms with Crippen LogP contribution in [0.4, 0.5) is 0 Å². The van der Waals surface area contributed by atoms with E-state index in [1.807, 2.05) is 25.1 Å². The maximum atomic E-state index is 11.6. The lowest BCUT2D eigenvalue weighted by molar-refractivity contribution is 0.0943. The van der Waals surface area contributed by atoms with Gasteiger partial charge in [0.15, 0.2) is 5.76 Å². The second kappa shape index (κ2) is 3.51. The summed E-state index contributed by atoms with van der Waals surface area (Å²) in [7, 11) is 0. The van der Waals surface area contributed by atoms with Crippen LogP contribution < -0.4 is 5.73 Å². The summed E-state index contributed by atoms with van der Waals surface area (Å²) in [5, 5.41) is 0.944. The molecule has 0 bridgehead atoms. The fraction of sp³-hybridized carbons (Fsp3) is 0.250. The molecule has 0 saturated carbocycles. The van der Waals surface area contributed by atoms with Gasteiger partial charge in [0.05, 0.1) is 6.04 Å². The van der Waals surface area contributed by atoms with Crippen LogP contribution in [-0.2, 0) is 0 Å². The van der Waals surface area contributed by atoms with Crippen LogP contribution in [0.2, 0.25) is 0 Å². The van der Waals surface area contributed by atoms with E-state index >= 15 is 0 Å². The molecule has 15 heavy (non-hydrogen) atoms. The zero-order valence-corrected chi connectivity index (χ0v) is 8.78. The normalized spacial score (nSPS) is 13.0. The van der Waals surface area contributed by atoms with Crippen molar-refractivity contribution in [3.63, 3.8) is 0 Å². The van der Waals surface area contributed by atoms with E-state index in [9.17, 15) is 4.79 Å². The van der Waals surface area contributed by atoms with Gasteiger partial charge in [-0.15, -0.1) is 0 Å². The molecule has 0 saturated heterocycles. The zero-order chi connectivity index (χ0) is 11.0. The molecule has 0 aliphatic rings. The number of para-hydroxylation sites is 1. The molecule has 2 rings (SSSR count). The summed E-state index contributed by atoms with van der Waals surface area (Å²) < 4.78 is 5.49. The number of aryl methyl sites for hydroxylation is 1. The highest BCUT2D eigenvalue weighted by molar-refractivity contribution is 6.00. The Morgan fingerprint density at radius 1 is 1.47 bits per heavy atom. The highest BCUT2D eigenvalue weighted by Gasteiger charge is 2.16. The largest absolute Gasteiger partial charge is 0.453 e. The number of hydrogen-bond acceptors (Lipinski definition) is 3. The molecule has 1 atom stereocenters. The number of rotatable bonds is 2. The van der Waals surface area contributed by atoms with Gasteiger partial charge in [0.25, 0.3) is 0 Å². The molecule has 1 heterocycles. The van der Waals surface area contributed by atoms with E-state index in [0.29, 0.717) is 5.76 Å². The van der Waals surface area contributed by atoms with Crippen molar-refractivity contribution in [2.24, 2.45) is 5.73 Å².